The van der Waals surface area contributed by atoms with Gasteiger partial charge >= 0.3 is 0 Å². The van der Waals surface area contributed by atoms with Crippen LogP contribution in [-0.2, 0) is 4.74 Å². The molecule has 1 aliphatic rings. The molecular weight excluding hydrogens is 318 g/mol. The smallest absolute Gasteiger partial charge is 0.252 e. The summed E-state index contributed by atoms with van der Waals surface area (Å²) in [7, 11) is 0. The fourth-order valence-electron chi connectivity index (χ4n) is 2.04. The maximum Gasteiger partial charge on any atom is 0.252 e. The summed E-state index contributed by atoms with van der Waals surface area (Å²) in [6.45, 7) is 3.48. The van der Waals surface area contributed by atoms with Gasteiger partial charge in [-0.25, -0.2) is 0 Å². The van der Waals surface area contributed by atoms with Crippen LogP contribution in [0.15, 0.2) is 22.7 Å². The Morgan fingerprint density at radius 3 is 3.00 bits per heavy atom. The average molecular weight is 333 g/mol. The van der Waals surface area contributed by atoms with Gasteiger partial charge in [-0.2, -0.15) is 0 Å². The van der Waals surface area contributed by atoms with Crippen LogP contribution >= 0.6 is 27.5 Å². The molecule has 1 aromatic rings. The van der Waals surface area contributed by atoms with Crippen LogP contribution in [0.3, 0.4) is 0 Å². The largest absolute Gasteiger partial charge is 0.378 e. The molecule has 0 spiro atoms. The van der Waals surface area contributed by atoms with Crippen LogP contribution in [0.5, 0.6) is 0 Å². The first kappa shape index (κ1) is 13.8. The summed E-state index contributed by atoms with van der Waals surface area (Å²) in [6, 6.07) is 5.15. The molecule has 2 unspecified atom stereocenters. The number of carbonyl (C=O) groups excluding carboxylic acids is 1. The van der Waals surface area contributed by atoms with Crippen molar-refractivity contribution in [2.24, 2.45) is 5.92 Å². The Hall–Kier alpha value is -0.580. The van der Waals surface area contributed by atoms with E-state index in [0.29, 0.717) is 27.5 Å². The van der Waals surface area contributed by atoms with Gasteiger partial charge in [0, 0.05) is 28.6 Å². The molecule has 0 radical (unpaired) electrons. The highest BCUT2D eigenvalue weighted by Gasteiger charge is 2.24. The van der Waals surface area contributed by atoms with E-state index in [4.69, 9.17) is 16.3 Å². The van der Waals surface area contributed by atoms with Crippen LogP contribution < -0.4 is 5.32 Å². The molecular formula is C13H15BrClNO2. The van der Waals surface area contributed by atoms with Crippen molar-refractivity contribution in [2.45, 2.75) is 19.4 Å². The molecule has 1 saturated heterocycles. The van der Waals surface area contributed by atoms with E-state index in [0.717, 1.165) is 13.0 Å². The molecule has 2 atom stereocenters. The third-order valence-electron chi connectivity index (χ3n) is 3.23. The van der Waals surface area contributed by atoms with Gasteiger partial charge in [-0.05, 0) is 47.5 Å². The Balaban J connectivity index is 1.95. The summed E-state index contributed by atoms with van der Waals surface area (Å²) in [5.74, 6) is 0.317. The Morgan fingerprint density at radius 2 is 2.39 bits per heavy atom. The maximum absolute atomic E-state index is 12.0. The van der Waals surface area contributed by atoms with Gasteiger partial charge in [0.1, 0.15) is 0 Å². The first-order valence-corrected chi connectivity index (χ1v) is 7.10. The second kappa shape index (κ2) is 6.04. The molecule has 1 aliphatic heterocycles. The van der Waals surface area contributed by atoms with Crippen molar-refractivity contribution in [1.82, 2.24) is 5.32 Å². The fraction of sp³-hybridized carbons (Fsp3) is 0.462. The predicted molar refractivity (Wildman–Crippen MR) is 75.0 cm³/mol. The Labute approximate surface area is 120 Å². The zero-order chi connectivity index (χ0) is 13.1. The Bertz CT molecular complexity index is 453. The van der Waals surface area contributed by atoms with Gasteiger partial charge in [0.25, 0.3) is 5.91 Å². The molecule has 1 fully saturated rings. The minimum Gasteiger partial charge on any atom is -0.378 e. The zero-order valence-corrected chi connectivity index (χ0v) is 12.4. The minimum atomic E-state index is -0.0855. The SMILES string of the molecule is CC1OCCC1CNC(=O)c1ccc(Cl)cc1Br. The normalized spacial score (nSPS) is 23.1. The zero-order valence-electron chi connectivity index (χ0n) is 10.1. The molecule has 1 N–H and O–H groups in total. The van der Waals surface area contributed by atoms with Crippen molar-refractivity contribution in [3.05, 3.63) is 33.3 Å². The van der Waals surface area contributed by atoms with Gasteiger partial charge in [0.2, 0.25) is 0 Å². The summed E-state index contributed by atoms with van der Waals surface area (Å²) in [5.41, 5.74) is 0.603. The van der Waals surface area contributed by atoms with E-state index in [2.05, 4.69) is 21.2 Å². The van der Waals surface area contributed by atoms with Gasteiger partial charge in [0.05, 0.1) is 11.7 Å². The molecule has 2 rings (SSSR count). The van der Waals surface area contributed by atoms with Crippen molar-refractivity contribution in [2.75, 3.05) is 13.2 Å². The first-order valence-electron chi connectivity index (χ1n) is 5.93. The van der Waals surface area contributed by atoms with Crippen molar-refractivity contribution in [3.63, 3.8) is 0 Å². The quantitative estimate of drug-likeness (QED) is 0.922. The van der Waals surface area contributed by atoms with Crippen molar-refractivity contribution >= 4 is 33.4 Å². The Morgan fingerprint density at radius 1 is 1.61 bits per heavy atom. The monoisotopic (exact) mass is 331 g/mol. The topological polar surface area (TPSA) is 38.3 Å². The second-order valence-electron chi connectivity index (χ2n) is 4.46. The average Bonchev–Trinajstić information content (AvgIpc) is 2.72. The maximum atomic E-state index is 12.0. The van der Waals surface area contributed by atoms with E-state index < -0.39 is 0 Å². The molecule has 0 aliphatic carbocycles. The van der Waals surface area contributed by atoms with Crippen LogP contribution in [0.4, 0.5) is 0 Å². The number of ether oxygens (including phenoxy) is 1. The highest BCUT2D eigenvalue weighted by Crippen LogP contribution is 2.22. The van der Waals surface area contributed by atoms with Crippen molar-refractivity contribution in [3.8, 4) is 0 Å². The van der Waals surface area contributed by atoms with Gasteiger partial charge in [-0.3, -0.25) is 4.79 Å². The molecule has 5 heteroatoms. The van der Waals surface area contributed by atoms with E-state index in [1.165, 1.54) is 0 Å². The lowest BCUT2D eigenvalue weighted by molar-refractivity contribution is 0.0907. The van der Waals surface area contributed by atoms with E-state index in [9.17, 15) is 4.79 Å². The summed E-state index contributed by atoms with van der Waals surface area (Å²) >= 11 is 9.19. The first-order chi connectivity index (χ1) is 8.58. The van der Waals surface area contributed by atoms with E-state index >= 15 is 0 Å². The second-order valence-corrected chi connectivity index (χ2v) is 5.75. The highest BCUT2D eigenvalue weighted by atomic mass is 79.9. The molecule has 0 saturated carbocycles. The number of carbonyl (C=O) groups is 1. The van der Waals surface area contributed by atoms with Gasteiger partial charge in [-0.1, -0.05) is 11.6 Å². The third-order valence-corrected chi connectivity index (χ3v) is 4.12. The number of benzene rings is 1. The minimum absolute atomic E-state index is 0.0855. The number of amides is 1. The van der Waals surface area contributed by atoms with Gasteiger partial charge < -0.3 is 10.1 Å². The van der Waals surface area contributed by atoms with Crippen LogP contribution in [0.1, 0.15) is 23.7 Å². The predicted octanol–water partition coefficient (Wildman–Crippen LogP) is 3.26. The molecule has 1 heterocycles. The molecule has 18 heavy (non-hydrogen) atoms. The number of hydrogen-bond acceptors (Lipinski definition) is 2. The Kier molecular flexibility index (Phi) is 4.65. The lowest BCUT2D eigenvalue weighted by atomic mass is 10.0. The van der Waals surface area contributed by atoms with E-state index in [1.807, 2.05) is 6.92 Å². The molecule has 3 nitrogen and oxygen atoms in total. The molecule has 98 valence electrons. The van der Waals surface area contributed by atoms with Crippen LogP contribution in [-0.4, -0.2) is 25.2 Å². The number of hydrogen-bond donors (Lipinski definition) is 1. The third kappa shape index (κ3) is 3.25. The summed E-state index contributed by atoms with van der Waals surface area (Å²) in [4.78, 5) is 12.0. The molecule has 1 amide bonds. The van der Waals surface area contributed by atoms with Gasteiger partial charge in [0.15, 0.2) is 0 Å². The summed E-state index contributed by atoms with van der Waals surface area (Å²) < 4.78 is 6.18. The number of rotatable bonds is 3. The molecule has 0 aromatic heterocycles. The highest BCUT2D eigenvalue weighted by molar-refractivity contribution is 9.10. The molecule has 0 bridgehead atoms. The molecule has 1 aromatic carbocycles. The lowest BCUT2D eigenvalue weighted by Crippen LogP contribution is -2.32. The lowest BCUT2D eigenvalue weighted by Gasteiger charge is -2.15. The van der Waals surface area contributed by atoms with E-state index in [1.54, 1.807) is 18.2 Å². The van der Waals surface area contributed by atoms with Crippen LogP contribution in [0.25, 0.3) is 0 Å². The fourth-order valence-corrected chi connectivity index (χ4v) is 2.90. The van der Waals surface area contributed by atoms with Crippen LogP contribution in [0.2, 0.25) is 5.02 Å². The van der Waals surface area contributed by atoms with E-state index in [-0.39, 0.29) is 12.0 Å². The van der Waals surface area contributed by atoms with Crippen LogP contribution in [0, 0.1) is 5.92 Å². The number of halogens is 2. The van der Waals surface area contributed by atoms with Crippen molar-refractivity contribution in [1.29, 1.82) is 0 Å². The van der Waals surface area contributed by atoms with Gasteiger partial charge in [-0.15, -0.1) is 0 Å². The standard InChI is InChI=1S/C13H15BrClNO2/c1-8-9(4-5-18-8)7-16-13(17)11-3-2-10(15)6-12(11)14/h2-3,6,8-9H,4-5,7H2,1H3,(H,16,17). The summed E-state index contributed by atoms with van der Waals surface area (Å²) in [6.07, 6.45) is 1.22. The number of nitrogens with one attached hydrogen (secondary N) is 1. The van der Waals surface area contributed by atoms with Crippen molar-refractivity contribution < 1.29 is 9.53 Å². The summed E-state index contributed by atoms with van der Waals surface area (Å²) in [5, 5.41) is 3.55.